The fourth-order valence-electron chi connectivity index (χ4n) is 9.78. The van der Waals surface area contributed by atoms with E-state index in [-0.39, 0.29) is 29.8 Å². The summed E-state index contributed by atoms with van der Waals surface area (Å²) in [6.45, 7) is 2.89. The Morgan fingerprint density at radius 1 is 0.948 bits per heavy atom. The number of imidazole rings is 1. The van der Waals surface area contributed by atoms with Crippen molar-refractivity contribution >= 4 is 51.0 Å². The summed E-state index contributed by atoms with van der Waals surface area (Å²) in [4.78, 5) is 59.8. The number of benzene rings is 2. The number of imide groups is 1. The molecule has 3 amide bonds. The number of ether oxygens (including phenoxy) is 1. The van der Waals surface area contributed by atoms with Crippen molar-refractivity contribution in [1.29, 1.82) is 0 Å². The minimum absolute atomic E-state index is 0.198. The number of rotatable bonds is 8. The number of nitrogens with one attached hydrogen (secondary N) is 2. The number of anilines is 2. The molecule has 0 radical (unpaired) electrons. The van der Waals surface area contributed by atoms with Gasteiger partial charge < -0.3 is 15.0 Å². The van der Waals surface area contributed by atoms with Crippen LogP contribution in [-0.2, 0) is 22.8 Å². The largest absolute Gasteiger partial charge is 0.494 e. The summed E-state index contributed by atoms with van der Waals surface area (Å²) in [6.07, 6.45) is 3.95. The highest BCUT2D eigenvalue weighted by Gasteiger charge is 2.42. The maximum absolute atomic E-state index is 13.6. The number of likely N-dealkylation sites (tertiary alicyclic amines) is 1. The molecule has 9 rings (SSSR count). The van der Waals surface area contributed by atoms with Crippen molar-refractivity contribution < 1.29 is 32.3 Å². The first-order chi connectivity index (χ1) is 27.9. The molecule has 6 heterocycles. The van der Waals surface area contributed by atoms with Gasteiger partial charge in [0.15, 0.2) is 0 Å². The third-order valence-electron chi connectivity index (χ3n) is 12.5. The van der Waals surface area contributed by atoms with Crippen LogP contribution in [0, 0.1) is 5.92 Å². The predicted octanol–water partition coefficient (Wildman–Crippen LogP) is 5.43. The van der Waals surface area contributed by atoms with Crippen molar-refractivity contribution in [3.63, 3.8) is 0 Å². The number of fused-ring (bicyclic) bond motifs is 4. The summed E-state index contributed by atoms with van der Waals surface area (Å²) in [5, 5.41) is 10.7. The molecule has 3 atom stereocenters. The molecule has 304 valence electrons. The molecule has 3 aliphatic heterocycles. The van der Waals surface area contributed by atoms with E-state index in [2.05, 4.69) is 31.5 Å². The summed E-state index contributed by atoms with van der Waals surface area (Å²) in [5.41, 5.74) is 1.78. The Bertz CT molecular complexity index is 2490. The molecule has 1 saturated carbocycles. The first kappa shape index (κ1) is 37.8. The third kappa shape index (κ3) is 6.78. The Morgan fingerprint density at radius 2 is 1.67 bits per heavy atom. The average Bonchev–Trinajstić information content (AvgIpc) is 3.82. The molecule has 2 bridgehead atoms. The number of nitrogens with zero attached hydrogens (tertiary/aromatic N) is 7. The number of amides is 3. The number of alkyl halides is 3. The fraction of sp³-hybridized carbons (Fsp3) is 0.463. The molecule has 5 aromatic rings. The molecule has 4 fully saturated rings. The molecule has 3 aromatic heterocycles. The topological polar surface area (TPSA) is 149 Å². The lowest BCUT2D eigenvalue weighted by Gasteiger charge is -2.44. The normalized spacial score (nSPS) is 24.1. The van der Waals surface area contributed by atoms with Gasteiger partial charge >= 0.3 is 11.9 Å². The van der Waals surface area contributed by atoms with E-state index in [0.717, 1.165) is 86.9 Å². The number of carbonyl (C=O) groups is 3. The van der Waals surface area contributed by atoms with Crippen LogP contribution in [0.3, 0.4) is 0 Å². The lowest BCUT2D eigenvalue weighted by atomic mass is 9.85. The molecular formula is C41H44F3N9O5. The van der Waals surface area contributed by atoms with E-state index in [4.69, 9.17) is 9.84 Å². The van der Waals surface area contributed by atoms with E-state index >= 15 is 0 Å². The Hall–Kier alpha value is -5.71. The van der Waals surface area contributed by atoms with Gasteiger partial charge in [-0.25, -0.2) is 9.78 Å². The van der Waals surface area contributed by atoms with Crippen molar-refractivity contribution in [3.05, 3.63) is 76.6 Å². The molecule has 2 N–H and O–H groups in total. The average molecular weight is 800 g/mol. The SMILES string of the molecule is COc1cc2nn(C3CCC(CN4C[C@H]5CC[C@@H](C4)N5c4cccc5c4n(C)c(=O)n5C4CCC(=O)NC4=O)CC3)cc2cc1NC(=O)c1cccc(C(F)(F)F)n1. The smallest absolute Gasteiger partial charge is 0.433 e. The lowest BCUT2D eigenvalue weighted by molar-refractivity contribution is -0.141. The maximum atomic E-state index is 13.6. The zero-order valence-corrected chi connectivity index (χ0v) is 32.2. The molecule has 1 unspecified atom stereocenters. The number of aromatic nitrogens is 5. The van der Waals surface area contributed by atoms with Crippen LogP contribution in [0.2, 0.25) is 0 Å². The summed E-state index contributed by atoms with van der Waals surface area (Å²) in [6, 6.07) is 12.7. The second-order valence-corrected chi connectivity index (χ2v) is 16.1. The third-order valence-corrected chi connectivity index (χ3v) is 12.5. The molecule has 0 spiro atoms. The predicted molar refractivity (Wildman–Crippen MR) is 209 cm³/mol. The second kappa shape index (κ2) is 14.6. The Kier molecular flexibility index (Phi) is 9.52. The minimum atomic E-state index is -4.67. The number of para-hydroxylation sites is 1. The first-order valence-corrected chi connectivity index (χ1v) is 19.8. The van der Waals surface area contributed by atoms with Gasteiger partial charge in [-0.1, -0.05) is 12.1 Å². The monoisotopic (exact) mass is 799 g/mol. The van der Waals surface area contributed by atoms with Gasteiger partial charge in [-0.05, 0) is 81.2 Å². The number of piperazine rings is 1. The standard InChI is InChI=1S/C41H44F3N9O5/c1-49-37-31(6-4-7-32(37)53(40(49)57)33-15-16-36(54)47-39(33)56)52-26-13-14-27(52)22-50(21-26)19-23-9-11-25(12-10-23)51-20-24-17-30(34(58-2)18-29(24)48-51)46-38(55)28-5-3-8-35(45-28)41(42,43)44/h3-8,17-18,20,23,25-27,33H,9-16,19,21-22H2,1-2H3,(H,46,55)(H,47,54,56)/t23?,25?,26-,27+,33?. The highest BCUT2D eigenvalue weighted by atomic mass is 19.4. The van der Waals surface area contributed by atoms with E-state index in [0.29, 0.717) is 46.9 Å². The van der Waals surface area contributed by atoms with Crippen molar-refractivity contribution in [2.75, 3.05) is 37.0 Å². The first-order valence-electron chi connectivity index (χ1n) is 19.8. The van der Waals surface area contributed by atoms with Crippen molar-refractivity contribution in [1.82, 2.24) is 34.1 Å². The van der Waals surface area contributed by atoms with Crippen LogP contribution in [0.25, 0.3) is 21.9 Å². The second-order valence-electron chi connectivity index (χ2n) is 16.1. The van der Waals surface area contributed by atoms with Gasteiger partial charge in [-0.2, -0.15) is 18.3 Å². The molecule has 1 aliphatic carbocycles. The van der Waals surface area contributed by atoms with Crippen LogP contribution < -0.4 is 26.0 Å². The number of halogens is 3. The summed E-state index contributed by atoms with van der Waals surface area (Å²) in [5.74, 6) is -0.649. The highest BCUT2D eigenvalue weighted by molar-refractivity contribution is 6.05. The van der Waals surface area contributed by atoms with Crippen LogP contribution in [0.4, 0.5) is 24.5 Å². The number of carbonyl (C=O) groups excluding carboxylic acids is 3. The number of hydrogen-bond donors (Lipinski definition) is 2. The minimum Gasteiger partial charge on any atom is -0.494 e. The Labute approximate surface area is 330 Å². The van der Waals surface area contributed by atoms with E-state index in [1.54, 1.807) is 28.3 Å². The zero-order valence-electron chi connectivity index (χ0n) is 32.2. The summed E-state index contributed by atoms with van der Waals surface area (Å²) < 4.78 is 50.3. The molecule has 2 aromatic carbocycles. The molecule has 58 heavy (non-hydrogen) atoms. The number of pyridine rings is 1. The zero-order chi connectivity index (χ0) is 40.5. The van der Waals surface area contributed by atoms with Crippen LogP contribution in [-0.4, -0.2) is 85.3 Å². The molecule has 14 nitrogen and oxygen atoms in total. The van der Waals surface area contributed by atoms with Crippen LogP contribution in [0.15, 0.2) is 59.5 Å². The van der Waals surface area contributed by atoms with Gasteiger partial charge in [0.2, 0.25) is 11.8 Å². The van der Waals surface area contributed by atoms with Crippen LogP contribution >= 0.6 is 0 Å². The van der Waals surface area contributed by atoms with Crippen molar-refractivity contribution in [3.8, 4) is 5.75 Å². The fourth-order valence-corrected chi connectivity index (χ4v) is 9.78. The van der Waals surface area contributed by atoms with Crippen LogP contribution in [0.5, 0.6) is 5.75 Å². The quantitative estimate of drug-likeness (QED) is 0.196. The van der Waals surface area contributed by atoms with Gasteiger partial charge in [-0.15, -0.1) is 0 Å². The summed E-state index contributed by atoms with van der Waals surface area (Å²) >= 11 is 0. The van der Waals surface area contributed by atoms with E-state index < -0.39 is 29.7 Å². The molecule has 3 saturated heterocycles. The van der Waals surface area contributed by atoms with Gasteiger partial charge in [0.1, 0.15) is 23.2 Å². The van der Waals surface area contributed by atoms with Crippen molar-refractivity contribution in [2.45, 2.75) is 81.7 Å². The van der Waals surface area contributed by atoms with Gasteiger partial charge in [0.05, 0.1) is 41.1 Å². The Morgan fingerprint density at radius 3 is 2.38 bits per heavy atom. The molecule has 4 aliphatic rings. The lowest BCUT2D eigenvalue weighted by Crippen LogP contribution is -2.55. The Balaban J connectivity index is 0.843. The summed E-state index contributed by atoms with van der Waals surface area (Å²) in [7, 11) is 3.21. The van der Waals surface area contributed by atoms with Gasteiger partial charge in [0, 0.05) is 62.8 Å². The van der Waals surface area contributed by atoms with E-state index in [1.165, 1.54) is 13.2 Å². The number of piperidine rings is 1. The van der Waals surface area contributed by atoms with Crippen LogP contribution in [0.1, 0.15) is 79.6 Å². The number of aryl methyl sites for hydroxylation is 1. The van der Waals surface area contributed by atoms with E-state index in [9.17, 15) is 32.3 Å². The molecule has 17 heteroatoms. The molecular weight excluding hydrogens is 756 g/mol. The van der Waals surface area contributed by atoms with Gasteiger partial charge in [-0.3, -0.25) is 38.4 Å². The number of hydrogen-bond acceptors (Lipinski definition) is 9. The number of methoxy groups -OCH3 is 1. The van der Waals surface area contributed by atoms with Crippen molar-refractivity contribution in [2.24, 2.45) is 13.0 Å². The van der Waals surface area contributed by atoms with Gasteiger partial charge in [0.25, 0.3) is 5.91 Å². The maximum Gasteiger partial charge on any atom is 0.433 e. The highest BCUT2D eigenvalue weighted by Crippen LogP contribution is 2.41. The van der Waals surface area contributed by atoms with E-state index in [1.807, 2.05) is 23.0 Å².